The van der Waals surface area contributed by atoms with Gasteiger partial charge in [0.25, 0.3) is 0 Å². The average molecular weight is 372 g/mol. The van der Waals surface area contributed by atoms with E-state index in [1.54, 1.807) is 32.2 Å². The van der Waals surface area contributed by atoms with Gasteiger partial charge in [-0.1, -0.05) is 13.0 Å². The molecule has 0 bridgehead atoms. The van der Waals surface area contributed by atoms with E-state index in [1.165, 1.54) is 11.8 Å². The van der Waals surface area contributed by atoms with E-state index in [1.807, 2.05) is 24.5 Å². The fourth-order valence-corrected chi connectivity index (χ4v) is 3.62. The molecule has 1 atom stereocenters. The maximum atomic E-state index is 11.1. The number of aliphatic carboxylic acids is 1. The molecule has 1 unspecified atom stereocenters. The highest BCUT2D eigenvalue weighted by molar-refractivity contribution is 7.99. The smallest absolute Gasteiger partial charge is 0.306 e. The van der Waals surface area contributed by atoms with Gasteiger partial charge < -0.3 is 19.4 Å². The molecule has 0 saturated heterocycles. The molecule has 5 nitrogen and oxygen atoms in total. The van der Waals surface area contributed by atoms with Gasteiger partial charge in [-0.15, -0.1) is 11.8 Å². The lowest BCUT2D eigenvalue weighted by atomic mass is 10.0. The Morgan fingerprint density at radius 1 is 1.27 bits per heavy atom. The number of carboxylic acids is 1. The van der Waals surface area contributed by atoms with Crippen molar-refractivity contribution in [1.82, 2.24) is 0 Å². The van der Waals surface area contributed by atoms with Crippen LogP contribution in [0.4, 0.5) is 0 Å². The monoisotopic (exact) mass is 372 g/mol. The van der Waals surface area contributed by atoms with Crippen LogP contribution in [0.3, 0.4) is 0 Å². The van der Waals surface area contributed by atoms with Crippen molar-refractivity contribution in [3.05, 3.63) is 42.0 Å². The molecule has 0 fully saturated rings. The Morgan fingerprint density at radius 3 is 2.65 bits per heavy atom. The van der Waals surface area contributed by atoms with Crippen LogP contribution >= 0.6 is 11.8 Å². The van der Waals surface area contributed by atoms with E-state index in [0.717, 1.165) is 15.8 Å². The van der Waals surface area contributed by atoms with Crippen molar-refractivity contribution in [3.63, 3.8) is 0 Å². The SMILES string of the molecule is COc1ccc(-c2oc3ccc(CC(C)C(=O)O)cc3c2SC)c(O)c1. The molecule has 0 aliphatic rings. The number of fused-ring (bicyclic) bond motifs is 1. The van der Waals surface area contributed by atoms with Crippen molar-refractivity contribution in [2.45, 2.75) is 18.2 Å². The lowest BCUT2D eigenvalue weighted by molar-refractivity contribution is -0.141. The van der Waals surface area contributed by atoms with Crippen LogP contribution in [0.15, 0.2) is 45.7 Å². The van der Waals surface area contributed by atoms with Crippen molar-refractivity contribution in [2.24, 2.45) is 5.92 Å². The molecule has 0 amide bonds. The van der Waals surface area contributed by atoms with Gasteiger partial charge in [0.15, 0.2) is 5.76 Å². The Hall–Kier alpha value is -2.60. The highest BCUT2D eigenvalue weighted by Crippen LogP contribution is 2.43. The molecule has 2 N–H and O–H groups in total. The third-order valence-electron chi connectivity index (χ3n) is 4.32. The standard InChI is InChI=1S/C20H20O5S/c1-11(20(22)23)8-12-4-7-17-15(9-12)19(26-3)18(25-17)14-6-5-13(24-2)10-16(14)21/h4-7,9-11,21H,8H2,1-3H3,(H,22,23). The minimum Gasteiger partial charge on any atom is -0.507 e. The van der Waals surface area contributed by atoms with E-state index >= 15 is 0 Å². The van der Waals surface area contributed by atoms with E-state index < -0.39 is 11.9 Å². The number of benzene rings is 2. The van der Waals surface area contributed by atoms with Crippen molar-refractivity contribution in [1.29, 1.82) is 0 Å². The van der Waals surface area contributed by atoms with Crippen LogP contribution < -0.4 is 4.74 Å². The maximum Gasteiger partial charge on any atom is 0.306 e. The first-order valence-electron chi connectivity index (χ1n) is 8.14. The number of thioether (sulfide) groups is 1. The van der Waals surface area contributed by atoms with Crippen LogP contribution in [-0.2, 0) is 11.2 Å². The lowest BCUT2D eigenvalue weighted by Crippen LogP contribution is -2.12. The second-order valence-corrected chi connectivity index (χ2v) is 6.94. The quantitative estimate of drug-likeness (QED) is 0.605. The molecule has 3 rings (SSSR count). The number of phenolic OH excluding ortho intramolecular Hbond substituents is 1. The zero-order valence-corrected chi connectivity index (χ0v) is 15.6. The van der Waals surface area contributed by atoms with Gasteiger partial charge in [-0.2, -0.15) is 0 Å². The molecule has 0 spiro atoms. The summed E-state index contributed by atoms with van der Waals surface area (Å²) in [4.78, 5) is 12.0. The summed E-state index contributed by atoms with van der Waals surface area (Å²) in [5, 5.41) is 20.4. The first-order valence-corrected chi connectivity index (χ1v) is 9.36. The number of phenols is 1. The molecule has 1 aromatic heterocycles. The Labute approximate surface area is 155 Å². The summed E-state index contributed by atoms with van der Waals surface area (Å²) in [7, 11) is 1.54. The van der Waals surface area contributed by atoms with Gasteiger partial charge in [0.1, 0.15) is 17.1 Å². The molecule has 0 saturated carbocycles. The van der Waals surface area contributed by atoms with E-state index in [-0.39, 0.29) is 5.75 Å². The first kappa shape index (κ1) is 18.2. The summed E-state index contributed by atoms with van der Waals surface area (Å²) >= 11 is 1.53. The maximum absolute atomic E-state index is 11.1. The van der Waals surface area contributed by atoms with Crippen molar-refractivity contribution in [3.8, 4) is 22.8 Å². The second kappa shape index (κ2) is 7.33. The number of hydrogen-bond acceptors (Lipinski definition) is 5. The van der Waals surface area contributed by atoms with Gasteiger partial charge >= 0.3 is 5.97 Å². The summed E-state index contributed by atoms with van der Waals surface area (Å²) in [5.74, 6) is -0.0269. The minimum atomic E-state index is -0.814. The average Bonchev–Trinajstić information content (AvgIpc) is 2.98. The highest BCUT2D eigenvalue weighted by atomic mass is 32.2. The van der Waals surface area contributed by atoms with Crippen LogP contribution in [0, 0.1) is 5.92 Å². The van der Waals surface area contributed by atoms with Crippen molar-refractivity contribution in [2.75, 3.05) is 13.4 Å². The van der Waals surface area contributed by atoms with Gasteiger partial charge in [-0.3, -0.25) is 4.79 Å². The molecule has 26 heavy (non-hydrogen) atoms. The first-order chi connectivity index (χ1) is 12.4. The summed E-state index contributed by atoms with van der Waals surface area (Å²) in [6.07, 6.45) is 2.40. The molecule has 6 heteroatoms. The van der Waals surface area contributed by atoms with E-state index in [9.17, 15) is 9.90 Å². The second-order valence-electron chi connectivity index (χ2n) is 6.12. The zero-order valence-electron chi connectivity index (χ0n) is 14.8. The van der Waals surface area contributed by atoms with Gasteiger partial charge in [0.05, 0.1) is 23.5 Å². The van der Waals surface area contributed by atoms with Gasteiger partial charge in [-0.25, -0.2) is 0 Å². The lowest BCUT2D eigenvalue weighted by Gasteiger charge is -2.07. The topological polar surface area (TPSA) is 79.9 Å². The van der Waals surface area contributed by atoms with Gasteiger partial charge in [0, 0.05) is 11.5 Å². The van der Waals surface area contributed by atoms with Gasteiger partial charge in [0.2, 0.25) is 0 Å². The molecule has 0 aliphatic heterocycles. The molecule has 0 radical (unpaired) electrons. The Bertz CT molecular complexity index is 960. The number of ether oxygens (including phenoxy) is 1. The number of rotatable bonds is 6. The summed E-state index contributed by atoms with van der Waals surface area (Å²) in [6, 6.07) is 10.8. The van der Waals surface area contributed by atoms with Crippen LogP contribution in [0.1, 0.15) is 12.5 Å². The third kappa shape index (κ3) is 3.37. The third-order valence-corrected chi connectivity index (χ3v) is 5.14. The number of carboxylic acid groups (broad SMARTS) is 1. The Balaban J connectivity index is 2.09. The highest BCUT2D eigenvalue weighted by Gasteiger charge is 2.20. The predicted octanol–water partition coefficient (Wildman–Crippen LogP) is 4.80. The summed E-state index contributed by atoms with van der Waals surface area (Å²) in [6.45, 7) is 1.69. The van der Waals surface area contributed by atoms with Crippen LogP contribution in [0.25, 0.3) is 22.3 Å². The minimum absolute atomic E-state index is 0.0819. The molecule has 3 aromatic rings. The molecular formula is C20H20O5S. The normalized spacial score (nSPS) is 12.3. The summed E-state index contributed by atoms with van der Waals surface area (Å²) in [5.41, 5.74) is 2.23. The number of aromatic hydroxyl groups is 1. The molecule has 2 aromatic carbocycles. The molecule has 136 valence electrons. The van der Waals surface area contributed by atoms with Gasteiger partial charge in [-0.05, 0) is 42.5 Å². The number of furan rings is 1. The molecule has 1 heterocycles. The van der Waals surface area contributed by atoms with Crippen LogP contribution in [0.5, 0.6) is 11.5 Å². The number of hydrogen-bond donors (Lipinski definition) is 2. The molecule has 0 aliphatic carbocycles. The Kier molecular flexibility index (Phi) is 5.13. The van der Waals surface area contributed by atoms with E-state index in [2.05, 4.69) is 0 Å². The number of methoxy groups -OCH3 is 1. The van der Waals surface area contributed by atoms with Crippen LogP contribution in [-0.4, -0.2) is 29.5 Å². The Morgan fingerprint density at radius 2 is 2.04 bits per heavy atom. The largest absolute Gasteiger partial charge is 0.507 e. The van der Waals surface area contributed by atoms with E-state index in [0.29, 0.717) is 29.1 Å². The summed E-state index contributed by atoms with van der Waals surface area (Å²) < 4.78 is 11.1. The zero-order chi connectivity index (χ0) is 18.8. The fourth-order valence-electron chi connectivity index (χ4n) is 2.90. The van der Waals surface area contributed by atoms with Crippen molar-refractivity contribution >= 4 is 28.7 Å². The number of carbonyl (C=O) groups is 1. The predicted molar refractivity (Wildman–Crippen MR) is 102 cm³/mol. The van der Waals surface area contributed by atoms with Crippen LogP contribution in [0.2, 0.25) is 0 Å². The van der Waals surface area contributed by atoms with E-state index in [4.69, 9.17) is 14.3 Å². The fraction of sp³-hybridized carbons (Fsp3) is 0.250. The molecular weight excluding hydrogens is 352 g/mol. The van der Waals surface area contributed by atoms with Crippen molar-refractivity contribution < 1.29 is 24.2 Å².